The van der Waals surface area contributed by atoms with E-state index in [0.29, 0.717) is 17.3 Å². The van der Waals surface area contributed by atoms with Crippen molar-refractivity contribution >= 4 is 23.5 Å². The van der Waals surface area contributed by atoms with E-state index in [0.717, 1.165) is 11.1 Å². The molecule has 25 heavy (non-hydrogen) atoms. The number of carbonyl (C=O) groups excluding carboxylic acids is 2. The van der Waals surface area contributed by atoms with Crippen LogP contribution < -0.4 is 4.90 Å². The molecule has 0 radical (unpaired) electrons. The van der Waals surface area contributed by atoms with E-state index in [1.807, 2.05) is 31.2 Å². The summed E-state index contributed by atoms with van der Waals surface area (Å²) in [6.45, 7) is 4.50. The molecule has 0 saturated carbocycles. The molecule has 3 rings (SSSR count). The molecule has 7 nitrogen and oxygen atoms in total. The van der Waals surface area contributed by atoms with Gasteiger partial charge in [-0.25, -0.2) is 9.97 Å². The summed E-state index contributed by atoms with van der Waals surface area (Å²) in [5, 5.41) is 0. The van der Waals surface area contributed by atoms with Crippen LogP contribution in [-0.2, 0) is 14.3 Å². The van der Waals surface area contributed by atoms with E-state index in [-0.39, 0.29) is 12.6 Å². The Labute approximate surface area is 144 Å². The molecule has 0 aliphatic carbocycles. The molecule has 128 valence electrons. The Morgan fingerprint density at radius 1 is 1.20 bits per heavy atom. The number of rotatable bonds is 4. The average Bonchev–Trinajstić information content (AvgIpc) is 2.94. The van der Waals surface area contributed by atoms with E-state index in [2.05, 4.69) is 9.97 Å². The zero-order valence-corrected chi connectivity index (χ0v) is 14.3. The molecule has 0 bridgehead atoms. The normalized spacial score (nSPS) is 10.7. The van der Waals surface area contributed by atoms with Crippen molar-refractivity contribution in [2.75, 3.05) is 11.6 Å². The number of hydrogen-bond donors (Lipinski definition) is 0. The lowest BCUT2D eigenvalue weighted by molar-refractivity contribution is -0.141. The second-order valence-corrected chi connectivity index (χ2v) is 5.60. The van der Waals surface area contributed by atoms with Crippen LogP contribution in [0.3, 0.4) is 0 Å². The Kier molecular flexibility index (Phi) is 4.47. The number of imidazole rings is 1. The van der Waals surface area contributed by atoms with Crippen molar-refractivity contribution in [3.63, 3.8) is 0 Å². The molecule has 0 N–H and O–H groups in total. The number of fused-ring (bicyclic) bond motifs is 1. The first-order valence-corrected chi connectivity index (χ1v) is 7.79. The maximum atomic E-state index is 12.2. The summed E-state index contributed by atoms with van der Waals surface area (Å²) in [4.78, 5) is 33.7. The lowest BCUT2D eigenvalue weighted by Gasteiger charge is -2.21. The zero-order chi connectivity index (χ0) is 18.0. The van der Waals surface area contributed by atoms with Crippen molar-refractivity contribution in [3.8, 4) is 11.3 Å². The van der Waals surface area contributed by atoms with Crippen LogP contribution in [0.4, 0.5) is 5.82 Å². The topological polar surface area (TPSA) is 76.8 Å². The van der Waals surface area contributed by atoms with E-state index in [9.17, 15) is 9.59 Å². The minimum absolute atomic E-state index is 0.188. The Morgan fingerprint density at radius 2 is 1.96 bits per heavy atom. The van der Waals surface area contributed by atoms with Gasteiger partial charge in [0.1, 0.15) is 5.69 Å². The van der Waals surface area contributed by atoms with Crippen molar-refractivity contribution < 1.29 is 14.3 Å². The van der Waals surface area contributed by atoms with Gasteiger partial charge in [0.15, 0.2) is 12.5 Å². The number of ether oxygens (including phenoxy) is 1. The van der Waals surface area contributed by atoms with Gasteiger partial charge in [-0.3, -0.25) is 18.9 Å². The lowest BCUT2D eigenvalue weighted by Crippen LogP contribution is -2.33. The van der Waals surface area contributed by atoms with Crippen molar-refractivity contribution in [2.24, 2.45) is 0 Å². The van der Waals surface area contributed by atoms with Crippen molar-refractivity contribution in [1.29, 1.82) is 0 Å². The fourth-order valence-electron chi connectivity index (χ4n) is 2.61. The minimum Gasteiger partial charge on any atom is -0.444 e. The van der Waals surface area contributed by atoms with E-state index in [4.69, 9.17) is 4.74 Å². The molecular formula is C18H18N4O3. The van der Waals surface area contributed by atoms with Crippen LogP contribution in [0.2, 0.25) is 0 Å². The van der Waals surface area contributed by atoms with E-state index in [1.54, 1.807) is 22.9 Å². The molecule has 1 aromatic carbocycles. The van der Waals surface area contributed by atoms with Crippen molar-refractivity contribution in [3.05, 3.63) is 48.3 Å². The third kappa shape index (κ3) is 3.21. The second kappa shape index (κ2) is 6.72. The molecule has 0 aliphatic heterocycles. The van der Waals surface area contributed by atoms with Gasteiger partial charge in [-0.1, -0.05) is 24.3 Å². The number of amides is 1. The maximum absolute atomic E-state index is 12.2. The van der Waals surface area contributed by atoms with Gasteiger partial charge in [0.05, 0.1) is 0 Å². The van der Waals surface area contributed by atoms with Gasteiger partial charge in [-0.2, -0.15) is 0 Å². The van der Waals surface area contributed by atoms with Crippen LogP contribution in [0.15, 0.2) is 42.7 Å². The van der Waals surface area contributed by atoms with Crippen LogP contribution in [0.25, 0.3) is 17.0 Å². The number of aromatic nitrogens is 3. The predicted molar refractivity (Wildman–Crippen MR) is 93.0 cm³/mol. The third-order valence-electron chi connectivity index (χ3n) is 3.81. The Balaban J connectivity index is 2.24. The maximum Gasteiger partial charge on any atom is 0.304 e. The Hall–Kier alpha value is -3.22. The smallest absolute Gasteiger partial charge is 0.304 e. The highest BCUT2D eigenvalue weighted by Crippen LogP contribution is 2.33. The number of anilines is 1. The van der Waals surface area contributed by atoms with Gasteiger partial charge in [-0.05, 0) is 18.6 Å². The molecule has 0 aliphatic rings. The first kappa shape index (κ1) is 16.6. The number of benzene rings is 1. The summed E-state index contributed by atoms with van der Waals surface area (Å²) < 4.78 is 6.78. The number of aryl methyl sites for hydroxylation is 1. The summed E-state index contributed by atoms with van der Waals surface area (Å²) in [7, 11) is 0. The van der Waals surface area contributed by atoms with Crippen LogP contribution in [0.5, 0.6) is 0 Å². The van der Waals surface area contributed by atoms with Gasteiger partial charge in [0, 0.05) is 31.8 Å². The zero-order valence-electron chi connectivity index (χ0n) is 14.3. The summed E-state index contributed by atoms with van der Waals surface area (Å²) >= 11 is 0. The van der Waals surface area contributed by atoms with Crippen LogP contribution in [0, 0.1) is 6.92 Å². The fraction of sp³-hybridized carbons (Fsp3) is 0.222. The van der Waals surface area contributed by atoms with Crippen LogP contribution in [0.1, 0.15) is 19.4 Å². The van der Waals surface area contributed by atoms with Gasteiger partial charge in [0.2, 0.25) is 11.7 Å². The first-order valence-electron chi connectivity index (χ1n) is 7.79. The number of carbonyl (C=O) groups is 2. The van der Waals surface area contributed by atoms with Gasteiger partial charge in [0.25, 0.3) is 0 Å². The van der Waals surface area contributed by atoms with Gasteiger partial charge < -0.3 is 4.74 Å². The molecule has 0 spiro atoms. The number of hydrogen-bond acceptors (Lipinski definition) is 5. The first-order chi connectivity index (χ1) is 12.0. The van der Waals surface area contributed by atoms with Crippen LogP contribution in [-0.4, -0.2) is 33.0 Å². The number of nitrogens with zero attached hydrogens (tertiary/aromatic N) is 4. The highest BCUT2D eigenvalue weighted by atomic mass is 16.5. The molecule has 0 atom stereocenters. The van der Waals surface area contributed by atoms with Crippen molar-refractivity contribution in [2.45, 2.75) is 20.8 Å². The SMILES string of the molecule is CC(=O)OCN(C(C)=O)c1c(-c2ccccc2C)nc2ncccn12. The molecule has 3 aromatic rings. The predicted octanol–water partition coefficient (Wildman–Crippen LogP) is 2.58. The van der Waals surface area contributed by atoms with E-state index in [1.165, 1.54) is 18.7 Å². The molecule has 2 aromatic heterocycles. The van der Waals surface area contributed by atoms with Gasteiger partial charge >= 0.3 is 5.97 Å². The molecule has 7 heteroatoms. The lowest BCUT2D eigenvalue weighted by atomic mass is 10.1. The third-order valence-corrected chi connectivity index (χ3v) is 3.81. The standard InChI is InChI=1S/C18H18N4O3/c1-12-7-4-5-8-15(12)16-17(21-10-6-9-19-18(21)20-16)22(13(2)23)11-25-14(3)24/h4-10H,11H2,1-3H3. The molecule has 1 amide bonds. The summed E-state index contributed by atoms with van der Waals surface area (Å²) in [5.74, 6) is 0.258. The number of esters is 1. The molecule has 0 unspecified atom stereocenters. The van der Waals surface area contributed by atoms with Crippen molar-refractivity contribution in [1.82, 2.24) is 14.4 Å². The Bertz CT molecular complexity index is 948. The van der Waals surface area contributed by atoms with Crippen LogP contribution >= 0.6 is 0 Å². The Morgan fingerprint density at radius 3 is 2.64 bits per heavy atom. The quantitative estimate of drug-likeness (QED) is 0.540. The highest BCUT2D eigenvalue weighted by Gasteiger charge is 2.24. The van der Waals surface area contributed by atoms with E-state index < -0.39 is 5.97 Å². The molecular weight excluding hydrogens is 320 g/mol. The average molecular weight is 338 g/mol. The largest absolute Gasteiger partial charge is 0.444 e. The summed E-state index contributed by atoms with van der Waals surface area (Å²) in [5.41, 5.74) is 2.51. The summed E-state index contributed by atoms with van der Waals surface area (Å²) in [6.07, 6.45) is 3.41. The van der Waals surface area contributed by atoms with E-state index >= 15 is 0 Å². The second-order valence-electron chi connectivity index (χ2n) is 5.60. The molecule has 0 fully saturated rings. The highest BCUT2D eigenvalue weighted by molar-refractivity contribution is 5.95. The van der Waals surface area contributed by atoms with Gasteiger partial charge in [-0.15, -0.1) is 0 Å². The molecule has 0 saturated heterocycles. The summed E-state index contributed by atoms with van der Waals surface area (Å²) in [6, 6.07) is 9.51. The fourth-order valence-corrected chi connectivity index (χ4v) is 2.61. The molecule has 2 heterocycles. The minimum atomic E-state index is -0.462. The monoisotopic (exact) mass is 338 g/mol.